The highest BCUT2D eigenvalue weighted by Gasteiger charge is 2.24. The van der Waals surface area contributed by atoms with Crippen molar-refractivity contribution in [2.45, 2.75) is 103 Å². The minimum absolute atomic E-state index is 0.173. The van der Waals surface area contributed by atoms with E-state index in [4.69, 9.17) is 4.74 Å². The molecular formula is C33H46F2O. The van der Waals surface area contributed by atoms with Gasteiger partial charge in [-0.05, 0) is 104 Å². The van der Waals surface area contributed by atoms with E-state index in [9.17, 15) is 0 Å². The van der Waals surface area contributed by atoms with Crippen LogP contribution in [0, 0.1) is 29.4 Å². The molecule has 0 bridgehead atoms. The number of halogens is 2. The van der Waals surface area contributed by atoms with Gasteiger partial charge in [-0.2, -0.15) is 0 Å². The van der Waals surface area contributed by atoms with Crippen molar-refractivity contribution in [1.82, 2.24) is 0 Å². The van der Waals surface area contributed by atoms with Gasteiger partial charge in [0.05, 0.1) is 0 Å². The number of aryl methyl sites for hydroxylation is 1. The highest BCUT2D eigenvalue weighted by atomic mass is 19.1. The Bertz CT molecular complexity index is 939. The molecule has 0 aliphatic heterocycles. The van der Waals surface area contributed by atoms with E-state index in [-0.39, 0.29) is 11.6 Å². The minimum Gasteiger partial charge on any atom is -0.385 e. The Balaban J connectivity index is 1.29. The molecule has 0 spiro atoms. The molecule has 2 saturated carbocycles. The van der Waals surface area contributed by atoms with Crippen molar-refractivity contribution in [2.75, 3.05) is 13.7 Å². The first kappa shape index (κ1) is 27.3. The van der Waals surface area contributed by atoms with Crippen molar-refractivity contribution in [3.63, 3.8) is 0 Å². The average Bonchev–Trinajstić information content (AvgIpc) is 2.89. The monoisotopic (exact) mass is 496 g/mol. The molecule has 2 aromatic carbocycles. The van der Waals surface area contributed by atoms with Gasteiger partial charge in [0.1, 0.15) is 11.6 Å². The summed E-state index contributed by atoms with van der Waals surface area (Å²) in [7, 11) is 1.78. The SMILES string of the molecule is CCCC1CCC(c2ccc(-c3ccc(CCC4CCC(CCCOC)CC4)cc3F)cc2F)CC1. The van der Waals surface area contributed by atoms with E-state index in [1.165, 1.54) is 64.2 Å². The first-order valence-corrected chi connectivity index (χ1v) is 14.6. The fourth-order valence-corrected chi connectivity index (χ4v) is 6.84. The summed E-state index contributed by atoms with van der Waals surface area (Å²) in [6.07, 6.45) is 16.8. The molecule has 0 unspecified atom stereocenters. The lowest BCUT2D eigenvalue weighted by molar-refractivity contribution is 0.175. The minimum atomic E-state index is -0.235. The van der Waals surface area contributed by atoms with E-state index in [1.807, 2.05) is 24.3 Å². The van der Waals surface area contributed by atoms with Crippen LogP contribution in [0.2, 0.25) is 0 Å². The van der Waals surface area contributed by atoms with Gasteiger partial charge >= 0.3 is 0 Å². The molecule has 0 heterocycles. The van der Waals surface area contributed by atoms with Gasteiger partial charge in [0.2, 0.25) is 0 Å². The Hall–Kier alpha value is -1.74. The third kappa shape index (κ3) is 7.40. The van der Waals surface area contributed by atoms with Crippen LogP contribution in [0.25, 0.3) is 11.1 Å². The first-order chi connectivity index (χ1) is 17.6. The molecule has 0 saturated heterocycles. The van der Waals surface area contributed by atoms with Gasteiger partial charge in [-0.15, -0.1) is 0 Å². The van der Waals surface area contributed by atoms with Crippen LogP contribution in [0.15, 0.2) is 36.4 Å². The summed E-state index contributed by atoms with van der Waals surface area (Å²) >= 11 is 0. The van der Waals surface area contributed by atoms with E-state index >= 15 is 8.78 Å². The van der Waals surface area contributed by atoms with Crippen molar-refractivity contribution >= 4 is 0 Å². The van der Waals surface area contributed by atoms with Gasteiger partial charge in [-0.3, -0.25) is 0 Å². The molecular weight excluding hydrogens is 450 g/mol. The quantitative estimate of drug-likeness (QED) is 0.281. The summed E-state index contributed by atoms with van der Waals surface area (Å²) in [5.74, 6) is 2.32. The molecule has 2 aliphatic rings. The summed E-state index contributed by atoms with van der Waals surface area (Å²) < 4.78 is 35.3. The number of methoxy groups -OCH3 is 1. The van der Waals surface area contributed by atoms with Crippen LogP contribution >= 0.6 is 0 Å². The molecule has 2 aromatic rings. The Labute approximate surface area is 218 Å². The number of benzene rings is 2. The number of ether oxygens (including phenoxy) is 1. The molecule has 3 heteroatoms. The zero-order valence-corrected chi connectivity index (χ0v) is 22.5. The van der Waals surface area contributed by atoms with Crippen LogP contribution in [-0.4, -0.2) is 13.7 Å². The molecule has 0 amide bonds. The largest absolute Gasteiger partial charge is 0.385 e. The second kappa shape index (κ2) is 13.7. The van der Waals surface area contributed by atoms with Gasteiger partial charge < -0.3 is 4.74 Å². The normalized spacial score (nSPS) is 24.7. The van der Waals surface area contributed by atoms with E-state index < -0.39 is 0 Å². The Morgan fingerprint density at radius 3 is 2.06 bits per heavy atom. The molecule has 2 fully saturated rings. The van der Waals surface area contributed by atoms with Crippen LogP contribution in [0.5, 0.6) is 0 Å². The average molecular weight is 497 g/mol. The van der Waals surface area contributed by atoms with Crippen LogP contribution < -0.4 is 0 Å². The number of hydrogen-bond donors (Lipinski definition) is 0. The van der Waals surface area contributed by atoms with Crippen LogP contribution in [0.3, 0.4) is 0 Å². The highest BCUT2D eigenvalue weighted by molar-refractivity contribution is 5.65. The molecule has 198 valence electrons. The molecule has 0 N–H and O–H groups in total. The second-order valence-electron chi connectivity index (χ2n) is 11.6. The maximum Gasteiger partial charge on any atom is 0.131 e. The Morgan fingerprint density at radius 1 is 0.750 bits per heavy atom. The van der Waals surface area contributed by atoms with Crippen molar-refractivity contribution in [3.05, 3.63) is 59.2 Å². The Morgan fingerprint density at radius 2 is 1.42 bits per heavy atom. The second-order valence-corrected chi connectivity index (χ2v) is 11.6. The molecule has 0 radical (unpaired) electrons. The molecule has 36 heavy (non-hydrogen) atoms. The summed E-state index contributed by atoms with van der Waals surface area (Å²) in [5, 5.41) is 0. The van der Waals surface area contributed by atoms with E-state index in [2.05, 4.69) is 6.92 Å². The van der Waals surface area contributed by atoms with Gasteiger partial charge in [-0.1, -0.05) is 69.7 Å². The lowest BCUT2D eigenvalue weighted by Gasteiger charge is -2.29. The molecule has 0 atom stereocenters. The van der Waals surface area contributed by atoms with Gasteiger partial charge in [-0.25, -0.2) is 8.78 Å². The van der Waals surface area contributed by atoms with Gasteiger partial charge in [0, 0.05) is 19.3 Å². The molecule has 1 nitrogen and oxygen atoms in total. The molecule has 2 aliphatic carbocycles. The first-order valence-electron chi connectivity index (χ1n) is 14.6. The van der Waals surface area contributed by atoms with Crippen LogP contribution in [0.4, 0.5) is 8.78 Å². The zero-order chi connectivity index (χ0) is 25.3. The topological polar surface area (TPSA) is 9.23 Å². The maximum absolute atomic E-state index is 15.1. The predicted octanol–water partition coefficient (Wildman–Crippen LogP) is 9.87. The lowest BCUT2D eigenvalue weighted by atomic mass is 9.77. The summed E-state index contributed by atoms with van der Waals surface area (Å²) in [6, 6.07) is 10.9. The summed E-state index contributed by atoms with van der Waals surface area (Å²) in [4.78, 5) is 0. The third-order valence-electron chi connectivity index (χ3n) is 9.10. The maximum atomic E-state index is 15.1. The fourth-order valence-electron chi connectivity index (χ4n) is 6.84. The summed E-state index contributed by atoms with van der Waals surface area (Å²) in [5.41, 5.74) is 3.03. The van der Waals surface area contributed by atoms with Crippen LogP contribution in [-0.2, 0) is 11.2 Å². The zero-order valence-electron chi connectivity index (χ0n) is 22.5. The van der Waals surface area contributed by atoms with Crippen LogP contribution in [0.1, 0.15) is 107 Å². The number of rotatable bonds is 11. The van der Waals surface area contributed by atoms with Crippen molar-refractivity contribution in [1.29, 1.82) is 0 Å². The van der Waals surface area contributed by atoms with Crippen molar-refractivity contribution < 1.29 is 13.5 Å². The van der Waals surface area contributed by atoms with Crippen molar-refractivity contribution in [2.24, 2.45) is 17.8 Å². The van der Waals surface area contributed by atoms with E-state index in [0.29, 0.717) is 17.0 Å². The molecule has 0 aromatic heterocycles. The van der Waals surface area contributed by atoms with Gasteiger partial charge in [0.15, 0.2) is 0 Å². The fraction of sp³-hybridized carbons (Fsp3) is 0.636. The standard InChI is InChI=1S/C33H46F2O/c1-3-5-24-13-16-28(17-14-24)30-20-18-29(23-33(30)35)31-19-15-27(22-32(31)34)12-11-26-9-7-25(8-10-26)6-4-21-36-2/h15,18-20,22-26,28H,3-14,16-17,21H2,1-2H3. The predicted molar refractivity (Wildman–Crippen MR) is 146 cm³/mol. The summed E-state index contributed by atoms with van der Waals surface area (Å²) in [6.45, 7) is 3.12. The smallest absolute Gasteiger partial charge is 0.131 e. The highest BCUT2D eigenvalue weighted by Crippen LogP contribution is 2.39. The third-order valence-corrected chi connectivity index (χ3v) is 9.10. The molecule has 4 rings (SSSR count). The van der Waals surface area contributed by atoms with Crippen molar-refractivity contribution in [3.8, 4) is 11.1 Å². The number of hydrogen-bond acceptors (Lipinski definition) is 1. The van der Waals surface area contributed by atoms with E-state index in [0.717, 1.165) is 61.2 Å². The Kier molecular flexibility index (Phi) is 10.4. The van der Waals surface area contributed by atoms with E-state index in [1.54, 1.807) is 19.2 Å². The van der Waals surface area contributed by atoms with Gasteiger partial charge in [0.25, 0.3) is 0 Å². The lowest BCUT2D eigenvalue weighted by Crippen LogP contribution is -2.15.